The molecule has 22 heavy (non-hydrogen) atoms. The fourth-order valence-corrected chi connectivity index (χ4v) is 3.16. The molecule has 1 heterocycles. The first-order valence-corrected chi connectivity index (χ1v) is 8.04. The highest BCUT2D eigenvalue weighted by Gasteiger charge is 2.33. The molecule has 3 rings (SSSR count). The van der Waals surface area contributed by atoms with Crippen LogP contribution >= 0.6 is 0 Å². The van der Waals surface area contributed by atoms with Crippen LogP contribution in [0.25, 0.3) is 0 Å². The quantitative estimate of drug-likeness (QED) is 0.858. The molecular formula is C17H23N3O2. The lowest BCUT2D eigenvalue weighted by molar-refractivity contribution is -0.128. The van der Waals surface area contributed by atoms with Crippen molar-refractivity contribution < 1.29 is 9.59 Å². The van der Waals surface area contributed by atoms with E-state index in [0.29, 0.717) is 6.04 Å². The molecule has 1 aromatic carbocycles. The standard InChI is InChI=1S/C17H23N3O2/c18-16(21)15(12-4-2-1-3-5-12)20-10-8-13(9-11-20)17(22)19-14-6-7-14/h1-5,13-15H,6-11H2,(H2,18,21)(H,19,22)/t15-/m1/s1. The van der Waals surface area contributed by atoms with Crippen molar-refractivity contribution in [2.75, 3.05) is 13.1 Å². The number of rotatable bonds is 5. The van der Waals surface area contributed by atoms with E-state index in [0.717, 1.165) is 44.3 Å². The van der Waals surface area contributed by atoms with Crippen LogP contribution in [0, 0.1) is 5.92 Å². The highest BCUT2D eigenvalue weighted by Crippen LogP contribution is 2.28. The predicted octanol–water partition coefficient (Wildman–Crippen LogP) is 1.20. The third-order valence-electron chi connectivity index (χ3n) is 4.57. The summed E-state index contributed by atoms with van der Waals surface area (Å²) in [6.45, 7) is 1.45. The number of carbonyl (C=O) groups is 2. The second-order valence-corrected chi connectivity index (χ2v) is 6.31. The summed E-state index contributed by atoms with van der Waals surface area (Å²) in [6, 6.07) is 9.64. The minimum atomic E-state index is -0.395. The Morgan fingerprint density at radius 3 is 2.27 bits per heavy atom. The van der Waals surface area contributed by atoms with Crippen LogP contribution in [0.2, 0.25) is 0 Å². The van der Waals surface area contributed by atoms with Gasteiger partial charge in [0.05, 0.1) is 0 Å². The maximum atomic E-state index is 12.1. The number of primary amides is 1. The van der Waals surface area contributed by atoms with Crippen molar-refractivity contribution in [3.05, 3.63) is 35.9 Å². The van der Waals surface area contributed by atoms with Crippen LogP contribution in [0.15, 0.2) is 30.3 Å². The molecule has 1 saturated heterocycles. The van der Waals surface area contributed by atoms with Crippen molar-refractivity contribution in [1.82, 2.24) is 10.2 Å². The number of benzene rings is 1. The Morgan fingerprint density at radius 2 is 1.73 bits per heavy atom. The van der Waals surface area contributed by atoms with E-state index < -0.39 is 6.04 Å². The van der Waals surface area contributed by atoms with Gasteiger partial charge in [-0.05, 0) is 44.3 Å². The first-order chi connectivity index (χ1) is 10.6. The van der Waals surface area contributed by atoms with Crippen molar-refractivity contribution in [3.8, 4) is 0 Å². The zero-order valence-corrected chi connectivity index (χ0v) is 12.7. The molecule has 1 atom stereocenters. The summed E-state index contributed by atoms with van der Waals surface area (Å²) in [5.74, 6) is -0.0780. The van der Waals surface area contributed by atoms with E-state index in [4.69, 9.17) is 5.73 Å². The Balaban J connectivity index is 1.61. The predicted molar refractivity (Wildman–Crippen MR) is 83.8 cm³/mol. The van der Waals surface area contributed by atoms with Crippen molar-refractivity contribution >= 4 is 11.8 Å². The monoisotopic (exact) mass is 301 g/mol. The lowest BCUT2D eigenvalue weighted by atomic mass is 9.93. The van der Waals surface area contributed by atoms with Crippen LogP contribution in [0.3, 0.4) is 0 Å². The van der Waals surface area contributed by atoms with E-state index in [9.17, 15) is 9.59 Å². The number of carbonyl (C=O) groups excluding carboxylic acids is 2. The molecule has 1 aliphatic heterocycles. The second kappa shape index (κ2) is 6.48. The molecule has 3 N–H and O–H groups in total. The van der Waals surface area contributed by atoms with Gasteiger partial charge in [0.15, 0.2) is 0 Å². The number of nitrogens with one attached hydrogen (secondary N) is 1. The van der Waals surface area contributed by atoms with Crippen molar-refractivity contribution in [2.45, 2.75) is 37.8 Å². The number of nitrogens with two attached hydrogens (primary N) is 1. The number of piperidine rings is 1. The summed E-state index contributed by atoms with van der Waals surface area (Å²) in [5.41, 5.74) is 6.54. The summed E-state index contributed by atoms with van der Waals surface area (Å²) in [6.07, 6.45) is 3.80. The first-order valence-electron chi connectivity index (χ1n) is 8.04. The molecule has 1 saturated carbocycles. The van der Waals surface area contributed by atoms with Gasteiger partial charge in [-0.15, -0.1) is 0 Å². The molecule has 0 spiro atoms. The number of hydrogen-bond donors (Lipinski definition) is 2. The highest BCUT2D eigenvalue weighted by atomic mass is 16.2. The maximum Gasteiger partial charge on any atom is 0.239 e. The molecule has 1 aliphatic carbocycles. The summed E-state index contributed by atoms with van der Waals surface area (Å²) in [7, 11) is 0. The van der Waals surface area contributed by atoms with Gasteiger partial charge in [-0.25, -0.2) is 0 Å². The third kappa shape index (κ3) is 3.47. The average Bonchev–Trinajstić information content (AvgIpc) is 3.33. The molecule has 118 valence electrons. The molecule has 0 aromatic heterocycles. The van der Waals surface area contributed by atoms with E-state index in [2.05, 4.69) is 10.2 Å². The van der Waals surface area contributed by atoms with Gasteiger partial charge in [0.1, 0.15) is 6.04 Å². The Hall–Kier alpha value is -1.88. The minimum absolute atomic E-state index is 0.0705. The average molecular weight is 301 g/mol. The van der Waals surface area contributed by atoms with Gasteiger partial charge in [0.25, 0.3) is 0 Å². The normalized spacial score (nSPS) is 21.3. The van der Waals surface area contributed by atoms with Gasteiger partial charge in [0.2, 0.25) is 11.8 Å². The van der Waals surface area contributed by atoms with Crippen molar-refractivity contribution in [1.29, 1.82) is 0 Å². The SMILES string of the molecule is NC(=O)[C@@H](c1ccccc1)N1CCC(C(=O)NC2CC2)CC1. The molecule has 5 nitrogen and oxygen atoms in total. The topological polar surface area (TPSA) is 75.4 Å². The van der Waals surface area contributed by atoms with Crippen LogP contribution in [-0.2, 0) is 9.59 Å². The smallest absolute Gasteiger partial charge is 0.239 e. The molecular weight excluding hydrogens is 278 g/mol. The minimum Gasteiger partial charge on any atom is -0.368 e. The van der Waals surface area contributed by atoms with Crippen LogP contribution in [-0.4, -0.2) is 35.8 Å². The van der Waals surface area contributed by atoms with Crippen LogP contribution in [0.5, 0.6) is 0 Å². The van der Waals surface area contributed by atoms with Gasteiger partial charge in [-0.2, -0.15) is 0 Å². The lowest BCUT2D eigenvalue weighted by Gasteiger charge is -2.35. The van der Waals surface area contributed by atoms with Crippen LogP contribution in [0.4, 0.5) is 0 Å². The zero-order chi connectivity index (χ0) is 15.5. The van der Waals surface area contributed by atoms with E-state index in [1.165, 1.54) is 0 Å². The molecule has 2 amide bonds. The molecule has 0 bridgehead atoms. The molecule has 2 aliphatic rings. The number of nitrogens with zero attached hydrogens (tertiary/aromatic N) is 1. The number of hydrogen-bond acceptors (Lipinski definition) is 3. The maximum absolute atomic E-state index is 12.1. The Kier molecular flexibility index (Phi) is 4.43. The largest absolute Gasteiger partial charge is 0.368 e. The third-order valence-corrected chi connectivity index (χ3v) is 4.57. The highest BCUT2D eigenvalue weighted by molar-refractivity contribution is 5.82. The molecule has 0 radical (unpaired) electrons. The molecule has 0 unspecified atom stereocenters. The zero-order valence-electron chi connectivity index (χ0n) is 12.7. The summed E-state index contributed by atoms with van der Waals surface area (Å²) >= 11 is 0. The van der Waals surface area contributed by atoms with Gasteiger partial charge >= 0.3 is 0 Å². The van der Waals surface area contributed by atoms with Gasteiger partial charge in [-0.3, -0.25) is 14.5 Å². The van der Waals surface area contributed by atoms with Crippen LogP contribution < -0.4 is 11.1 Å². The summed E-state index contributed by atoms with van der Waals surface area (Å²) in [4.78, 5) is 26.1. The van der Waals surface area contributed by atoms with Crippen molar-refractivity contribution in [3.63, 3.8) is 0 Å². The Morgan fingerprint density at radius 1 is 1.09 bits per heavy atom. The second-order valence-electron chi connectivity index (χ2n) is 6.31. The van der Waals surface area contributed by atoms with E-state index in [1.807, 2.05) is 30.3 Å². The van der Waals surface area contributed by atoms with E-state index >= 15 is 0 Å². The van der Waals surface area contributed by atoms with E-state index in [-0.39, 0.29) is 17.7 Å². The molecule has 2 fully saturated rings. The lowest BCUT2D eigenvalue weighted by Crippen LogP contribution is -2.45. The van der Waals surface area contributed by atoms with Gasteiger partial charge in [-0.1, -0.05) is 30.3 Å². The molecule has 1 aromatic rings. The van der Waals surface area contributed by atoms with Gasteiger partial charge < -0.3 is 11.1 Å². The van der Waals surface area contributed by atoms with E-state index in [1.54, 1.807) is 0 Å². The fraction of sp³-hybridized carbons (Fsp3) is 0.529. The fourth-order valence-electron chi connectivity index (χ4n) is 3.16. The molecule has 5 heteroatoms. The Labute approximate surface area is 130 Å². The van der Waals surface area contributed by atoms with Crippen molar-refractivity contribution in [2.24, 2.45) is 11.7 Å². The summed E-state index contributed by atoms with van der Waals surface area (Å²) < 4.78 is 0. The van der Waals surface area contributed by atoms with Gasteiger partial charge in [0, 0.05) is 12.0 Å². The first kappa shape index (κ1) is 15.0. The van der Waals surface area contributed by atoms with Crippen LogP contribution in [0.1, 0.15) is 37.3 Å². The Bertz CT molecular complexity index is 534. The number of amides is 2. The summed E-state index contributed by atoms with van der Waals surface area (Å²) in [5, 5.41) is 3.07. The number of likely N-dealkylation sites (tertiary alicyclic amines) is 1.